The summed E-state index contributed by atoms with van der Waals surface area (Å²) in [6.07, 6.45) is 0.917. The fourth-order valence-electron chi connectivity index (χ4n) is 2.04. The highest BCUT2D eigenvalue weighted by Crippen LogP contribution is 2.14. The number of oxime groups is 2. The van der Waals surface area contributed by atoms with E-state index in [-0.39, 0.29) is 21.2 Å². The molecule has 0 bridgehead atoms. The largest absolute Gasteiger partial charge is 0.358 e. The molecular formula is C18H20N2O6S2. The zero-order valence-corrected chi connectivity index (χ0v) is 17.0. The minimum absolute atomic E-state index is 0.0490. The van der Waals surface area contributed by atoms with Gasteiger partial charge in [0.25, 0.3) is 0 Å². The zero-order valence-electron chi connectivity index (χ0n) is 15.3. The molecule has 8 nitrogen and oxygen atoms in total. The van der Waals surface area contributed by atoms with E-state index in [0.717, 1.165) is 0 Å². The maximum atomic E-state index is 12.2. The van der Waals surface area contributed by atoms with Crippen LogP contribution < -0.4 is 0 Å². The molecule has 150 valence electrons. The summed E-state index contributed by atoms with van der Waals surface area (Å²) in [5.41, 5.74) is 0.245. The first-order valence-corrected chi connectivity index (χ1v) is 11.2. The molecule has 0 aliphatic heterocycles. The molecule has 0 aliphatic carbocycles. The van der Waals surface area contributed by atoms with E-state index in [4.69, 9.17) is 8.57 Å². The predicted octanol–water partition coefficient (Wildman–Crippen LogP) is 3.33. The van der Waals surface area contributed by atoms with Gasteiger partial charge in [-0.1, -0.05) is 60.1 Å². The monoisotopic (exact) mass is 424 g/mol. The second kappa shape index (κ2) is 9.47. The maximum absolute atomic E-state index is 12.2. The second-order valence-electron chi connectivity index (χ2n) is 5.65. The van der Waals surface area contributed by atoms with Gasteiger partial charge in [-0.25, -0.2) is 0 Å². The first kappa shape index (κ1) is 21.6. The van der Waals surface area contributed by atoms with Gasteiger partial charge < -0.3 is 0 Å². The molecule has 0 saturated carbocycles. The molecular weight excluding hydrogens is 404 g/mol. The Hall–Kier alpha value is -2.72. The number of rotatable bonds is 9. The van der Waals surface area contributed by atoms with Crippen LogP contribution in [0.15, 0.2) is 80.8 Å². The zero-order chi connectivity index (χ0) is 20.6. The summed E-state index contributed by atoms with van der Waals surface area (Å²) >= 11 is 0. The summed E-state index contributed by atoms with van der Waals surface area (Å²) in [4.78, 5) is -0.101. The van der Waals surface area contributed by atoms with E-state index >= 15 is 0 Å². The van der Waals surface area contributed by atoms with Gasteiger partial charge in [0.15, 0.2) is 0 Å². The van der Waals surface area contributed by atoms with Crippen molar-refractivity contribution in [2.75, 3.05) is 0 Å². The van der Waals surface area contributed by atoms with Crippen molar-refractivity contribution in [2.24, 2.45) is 10.3 Å². The van der Waals surface area contributed by atoms with Crippen LogP contribution in [0.4, 0.5) is 0 Å². The second-order valence-corrected chi connectivity index (χ2v) is 8.71. The Balaban J connectivity index is 2.20. The van der Waals surface area contributed by atoms with Crippen LogP contribution in [0.5, 0.6) is 0 Å². The molecule has 0 aliphatic rings. The van der Waals surface area contributed by atoms with E-state index in [9.17, 15) is 16.8 Å². The van der Waals surface area contributed by atoms with Crippen molar-refractivity contribution in [1.29, 1.82) is 0 Å². The van der Waals surface area contributed by atoms with Gasteiger partial charge in [0.1, 0.15) is 21.2 Å². The van der Waals surface area contributed by atoms with Crippen LogP contribution in [-0.2, 0) is 28.8 Å². The highest BCUT2D eigenvalue weighted by Gasteiger charge is 2.18. The number of nitrogens with zero attached hydrogens (tertiary/aromatic N) is 2. The van der Waals surface area contributed by atoms with Crippen molar-refractivity contribution in [2.45, 2.75) is 36.5 Å². The summed E-state index contributed by atoms with van der Waals surface area (Å²) in [5.74, 6) is 0. The summed E-state index contributed by atoms with van der Waals surface area (Å²) < 4.78 is 58.0. The van der Waals surface area contributed by atoms with E-state index in [1.54, 1.807) is 36.4 Å². The highest BCUT2D eigenvalue weighted by molar-refractivity contribution is 7.87. The van der Waals surface area contributed by atoms with Crippen molar-refractivity contribution in [3.05, 3.63) is 60.7 Å². The van der Waals surface area contributed by atoms with E-state index in [2.05, 4.69) is 10.3 Å². The van der Waals surface area contributed by atoms with Gasteiger partial charge in [-0.15, -0.1) is 0 Å². The first-order valence-electron chi connectivity index (χ1n) is 8.35. The lowest BCUT2D eigenvalue weighted by Gasteiger charge is -2.06. The van der Waals surface area contributed by atoms with Gasteiger partial charge in [-0.05, 0) is 37.6 Å². The van der Waals surface area contributed by atoms with Crippen LogP contribution in [-0.4, -0.2) is 28.3 Å². The third kappa shape index (κ3) is 5.89. The van der Waals surface area contributed by atoms with E-state index < -0.39 is 20.2 Å². The van der Waals surface area contributed by atoms with Gasteiger partial charge >= 0.3 is 20.2 Å². The molecule has 0 aromatic heterocycles. The lowest BCUT2D eigenvalue weighted by molar-refractivity contribution is 0.333. The van der Waals surface area contributed by atoms with E-state index in [1.165, 1.54) is 31.2 Å². The Kier molecular flexibility index (Phi) is 7.30. The van der Waals surface area contributed by atoms with Crippen molar-refractivity contribution in [3.8, 4) is 0 Å². The molecule has 0 saturated heterocycles. The number of hydrogen-bond donors (Lipinski definition) is 0. The fraction of sp³-hybridized carbons (Fsp3) is 0.222. The molecule has 2 rings (SSSR count). The molecule has 0 spiro atoms. The topological polar surface area (TPSA) is 111 Å². The molecule has 0 heterocycles. The average Bonchev–Trinajstić information content (AvgIpc) is 2.70. The fourth-order valence-corrected chi connectivity index (χ4v) is 3.59. The summed E-state index contributed by atoms with van der Waals surface area (Å²) in [5, 5.41) is 7.25. The van der Waals surface area contributed by atoms with Crippen LogP contribution in [0.1, 0.15) is 26.7 Å². The quantitative estimate of drug-likeness (QED) is 0.451. The Bertz CT molecular complexity index is 1050. The normalized spacial score (nSPS) is 13.2. The third-order valence-corrected chi connectivity index (χ3v) is 5.73. The van der Waals surface area contributed by atoms with E-state index in [1.807, 2.05) is 6.92 Å². The summed E-state index contributed by atoms with van der Waals surface area (Å²) in [7, 11) is -8.19. The van der Waals surface area contributed by atoms with Gasteiger partial charge in [-0.2, -0.15) is 16.8 Å². The number of benzene rings is 2. The van der Waals surface area contributed by atoms with Gasteiger partial charge in [0, 0.05) is 0 Å². The SMILES string of the molecule is CCCC(=N\OS(=O)(=O)c1ccccc1)/C(C)=N/OS(=O)(=O)c1ccccc1. The van der Waals surface area contributed by atoms with Crippen LogP contribution in [0.2, 0.25) is 0 Å². The first-order chi connectivity index (χ1) is 13.3. The van der Waals surface area contributed by atoms with Crippen molar-refractivity contribution >= 4 is 31.7 Å². The van der Waals surface area contributed by atoms with Crippen LogP contribution >= 0.6 is 0 Å². The number of hydrogen-bond acceptors (Lipinski definition) is 8. The van der Waals surface area contributed by atoms with Gasteiger partial charge in [-0.3, -0.25) is 8.57 Å². The molecule has 0 atom stereocenters. The Morgan fingerprint density at radius 3 is 1.64 bits per heavy atom. The average molecular weight is 425 g/mol. The van der Waals surface area contributed by atoms with Crippen LogP contribution in [0.3, 0.4) is 0 Å². The lowest BCUT2D eigenvalue weighted by Crippen LogP contribution is -2.14. The van der Waals surface area contributed by atoms with Crippen molar-refractivity contribution < 1.29 is 25.4 Å². The van der Waals surface area contributed by atoms with Crippen LogP contribution in [0.25, 0.3) is 0 Å². The smallest absolute Gasteiger partial charge is 0.264 e. The minimum Gasteiger partial charge on any atom is -0.264 e. The standard InChI is InChI=1S/C18H20N2O6S2/c1-3-10-18(20-26-28(23,24)17-13-8-5-9-14-17)15(2)19-25-27(21,22)16-11-6-4-7-12-16/h4-9,11-14H,3,10H2,1-2H3/b19-15+,20-18+. The third-order valence-electron chi connectivity index (χ3n) is 3.49. The Labute approximate surface area is 164 Å². The molecule has 0 N–H and O–H groups in total. The Morgan fingerprint density at radius 1 is 0.786 bits per heavy atom. The summed E-state index contributed by atoms with van der Waals surface area (Å²) in [6.45, 7) is 3.30. The van der Waals surface area contributed by atoms with Crippen LogP contribution in [0, 0.1) is 0 Å². The summed E-state index contributed by atoms with van der Waals surface area (Å²) in [6, 6.07) is 15.1. The maximum Gasteiger partial charge on any atom is 0.358 e. The van der Waals surface area contributed by atoms with Gasteiger partial charge in [0.2, 0.25) is 0 Å². The molecule has 2 aromatic carbocycles. The molecule has 2 aromatic rings. The molecule has 10 heteroatoms. The highest BCUT2D eigenvalue weighted by atomic mass is 32.2. The van der Waals surface area contributed by atoms with Gasteiger partial charge in [0.05, 0.1) is 0 Å². The van der Waals surface area contributed by atoms with E-state index in [0.29, 0.717) is 12.8 Å². The molecule has 0 unspecified atom stereocenters. The molecule has 0 radical (unpaired) electrons. The minimum atomic E-state index is -4.10. The van der Waals surface area contributed by atoms with Crippen molar-refractivity contribution in [1.82, 2.24) is 0 Å². The lowest BCUT2D eigenvalue weighted by atomic mass is 10.1. The predicted molar refractivity (Wildman–Crippen MR) is 105 cm³/mol. The Morgan fingerprint density at radius 2 is 1.21 bits per heavy atom. The van der Waals surface area contributed by atoms with Crippen molar-refractivity contribution in [3.63, 3.8) is 0 Å². The molecule has 28 heavy (non-hydrogen) atoms. The molecule has 0 fully saturated rings. The molecule has 0 amide bonds.